The van der Waals surface area contributed by atoms with E-state index in [1.807, 2.05) is 0 Å². The van der Waals surface area contributed by atoms with E-state index in [1.54, 1.807) is 0 Å². The number of carboxylic acids is 2. The third-order valence-corrected chi connectivity index (χ3v) is 18.1. The molecule has 7 nitrogen and oxygen atoms in total. The Morgan fingerprint density at radius 1 is 0.922 bits per heavy atom. The third-order valence-electron chi connectivity index (χ3n) is 18.1. The van der Waals surface area contributed by atoms with Gasteiger partial charge in [-0.05, 0) is 152 Å². The zero-order valence-electron chi connectivity index (χ0n) is 32.5. The summed E-state index contributed by atoms with van der Waals surface area (Å²) in [5.74, 6) is 0.917. The molecule has 0 unspecified atom stereocenters. The van der Waals surface area contributed by atoms with Gasteiger partial charge in [0.25, 0.3) is 0 Å². The lowest BCUT2D eigenvalue weighted by atomic mass is 9.32. The van der Waals surface area contributed by atoms with E-state index in [9.17, 15) is 19.8 Å². The SMILES string of the molecule is C=C(C)[C@@H]1CC[C@]2(NCCN3CCOCC3)CC[C@]3(C)[C@H](CC[C@@H]4[C@@]5(C)CC=C(C6=CC7(C6)CC(C(=O)O)(C(=O)O)C7)C(C)(C)[C@@H]5CC[C@]43C)[C@@H]12. The quantitative estimate of drug-likeness (QED) is 0.174. The molecule has 8 rings (SSSR count). The van der Waals surface area contributed by atoms with Crippen molar-refractivity contribution in [2.45, 2.75) is 124 Å². The van der Waals surface area contributed by atoms with Crippen molar-refractivity contribution in [3.05, 3.63) is 35.5 Å². The molecule has 0 radical (unpaired) electrons. The number of rotatable bonds is 8. The van der Waals surface area contributed by atoms with Crippen molar-refractivity contribution in [1.82, 2.24) is 10.2 Å². The van der Waals surface area contributed by atoms with Crippen LogP contribution in [0.1, 0.15) is 119 Å². The molecule has 51 heavy (non-hydrogen) atoms. The summed E-state index contributed by atoms with van der Waals surface area (Å²) in [7, 11) is 0. The molecular formula is C44H66N2O5. The first-order valence-electron chi connectivity index (χ1n) is 20.6. The summed E-state index contributed by atoms with van der Waals surface area (Å²) in [5, 5.41) is 23.7. The van der Waals surface area contributed by atoms with Crippen molar-refractivity contribution >= 4 is 11.9 Å². The van der Waals surface area contributed by atoms with Gasteiger partial charge in [0.1, 0.15) is 0 Å². The van der Waals surface area contributed by atoms with Gasteiger partial charge in [-0.1, -0.05) is 58.9 Å². The maximum atomic E-state index is 11.9. The molecule has 1 saturated heterocycles. The summed E-state index contributed by atoms with van der Waals surface area (Å²) in [6, 6.07) is 0. The number of aliphatic carboxylic acids is 2. The van der Waals surface area contributed by atoms with E-state index in [0.717, 1.165) is 58.2 Å². The van der Waals surface area contributed by atoms with Crippen molar-refractivity contribution in [2.75, 3.05) is 39.4 Å². The van der Waals surface area contributed by atoms with Crippen LogP contribution >= 0.6 is 0 Å². The van der Waals surface area contributed by atoms with Crippen molar-refractivity contribution in [3.8, 4) is 0 Å². The maximum absolute atomic E-state index is 11.9. The van der Waals surface area contributed by atoms with Gasteiger partial charge >= 0.3 is 11.9 Å². The van der Waals surface area contributed by atoms with Gasteiger partial charge in [0.05, 0.1) is 13.2 Å². The summed E-state index contributed by atoms with van der Waals surface area (Å²) < 4.78 is 5.63. The summed E-state index contributed by atoms with van der Waals surface area (Å²) in [4.78, 5) is 26.4. The van der Waals surface area contributed by atoms with Crippen molar-refractivity contribution in [1.29, 1.82) is 0 Å². The van der Waals surface area contributed by atoms with Crippen LogP contribution in [0.3, 0.4) is 0 Å². The first kappa shape index (κ1) is 36.0. The molecule has 7 heteroatoms. The summed E-state index contributed by atoms with van der Waals surface area (Å²) in [5.41, 5.74) is 3.47. The lowest BCUT2D eigenvalue weighted by molar-refractivity contribution is -0.221. The van der Waals surface area contributed by atoms with E-state index < -0.39 is 17.4 Å². The number of ether oxygens (including phenoxy) is 1. The van der Waals surface area contributed by atoms with Crippen molar-refractivity contribution in [3.63, 3.8) is 0 Å². The van der Waals surface area contributed by atoms with E-state index >= 15 is 0 Å². The number of nitrogens with one attached hydrogen (secondary N) is 1. The minimum Gasteiger partial charge on any atom is -0.480 e. The Bertz CT molecular complexity index is 1530. The van der Waals surface area contributed by atoms with Gasteiger partial charge in [-0.15, -0.1) is 0 Å². The Labute approximate surface area is 307 Å². The van der Waals surface area contributed by atoms with E-state index in [1.165, 1.54) is 68.1 Å². The summed E-state index contributed by atoms with van der Waals surface area (Å²) in [6.07, 6.45) is 17.6. The number of hydrogen-bond acceptors (Lipinski definition) is 5. The van der Waals surface area contributed by atoms with E-state index in [4.69, 9.17) is 4.74 Å². The fourth-order valence-corrected chi connectivity index (χ4v) is 15.6. The largest absolute Gasteiger partial charge is 0.480 e. The lowest BCUT2D eigenvalue weighted by Gasteiger charge is -2.72. The van der Waals surface area contributed by atoms with Crippen molar-refractivity contribution < 1.29 is 24.5 Å². The Kier molecular flexibility index (Phi) is 8.32. The fraction of sp³-hybridized carbons (Fsp3) is 0.818. The molecule has 1 aliphatic heterocycles. The number of allylic oxidation sites excluding steroid dienone is 5. The lowest BCUT2D eigenvalue weighted by Crippen LogP contribution is -2.68. The third kappa shape index (κ3) is 4.91. The zero-order chi connectivity index (χ0) is 36.4. The molecule has 6 fully saturated rings. The summed E-state index contributed by atoms with van der Waals surface area (Å²) in [6.45, 7) is 26.0. The van der Waals surface area contributed by atoms with Crippen LogP contribution in [0.25, 0.3) is 0 Å². The van der Waals surface area contributed by atoms with Crippen LogP contribution in [0.4, 0.5) is 0 Å². The smallest absolute Gasteiger partial charge is 0.321 e. The molecule has 0 bridgehead atoms. The first-order valence-corrected chi connectivity index (χ1v) is 20.6. The second-order valence-electron chi connectivity index (χ2n) is 20.5. The molecule has 0 aromatic carbocycles. The first-order chi connectivity index (χ1) is 24.0. The highest BCUT2D eigenvalue weighted by molar-refractivity contribution is 6.00. The molecule has 0 aromatic heterocycles. The van der Waals surface area contributed by atoms with Crippen LogP contribution < -0.4 is 5.32 Å². The van der Waals surface area contributed by atoms with E-state index in [-0.39, 0.29) is 34.6 Å². The molecule has 282 valence electrons. The van der Waals surface area contributed by atoms with Crippen LogP contribution in [0.2, 0.25) is 0 Å². The van der Waals surface area contributed by atoms with Crippen LogP contribution in [-0.4, -0.2) is 72.0 Å². The predicted molar refractivity (Wildman–Crippen MR) is 200 cm³/mol. The molecule has 0 aromatic rings. The molecule has 1 spiro atoms. The predicted octanol–water partition coefficient (Wildman–Crippen LogP) is 8.12. The monoisotopic (exact) mass is 702 g/mol. The van der Waals surface area contributed by atoms with Crippen LogP contribution in [-0.2, 0) is 14.3 Å². The average molecular weight is 703 g/mol. The molecule has 0 amide bonds. The Morgan fingerprint density at radius 3 is 2.25 bits per heavy atom. The van der Waals surface area contributed by atoms with Gasteiger partial charge in [-0.25, -0.2) is 0 Å². The minimum atomic E-state index is -1.61. The second kappa shape index (κ2) is 11.8. The van der Waals surface area contributed by atoms with E-state index in [0.29, 0.717) is 34.5 Å². The van der Waals surface area contributed by atoms with Gasteiger partial charge in [0, 0.05) is 31.7 Å². The normalized spacial score (nSPS) is 44.7. The molecule has 9 atom stereocenters. The standard InChI is InChI=1S/C44H66N2O5/c1-28(2)30-10-15-44(45-18-19-46-20-22-51-23-21-46)17-16-40(6)32(35(30)44)8-9-34-39(5)13-11-31(38(3,4)33(39)12-14-41(34,40)7)29-24-42(25-29)26-43(27-42,36(47)48)37(49)50/h11,24,30,32-35,45H,1,8-10,12-23,25-27H2,2-7H3,(H,47,48)(H,49,50)/t30-,32+,33-,34+,35+,39-,40+,41+,44-/m0/s1. The maximum Gasteiger partial charge on any atom is 0.321 e. The van der Waals surface area contributed by atoms with Gasteiger partial charge in [-0.3, -0.25) is 14.5 Å². The number of morpholine rings is 1. The van der Waals surface area contributed by atoms with Crippen molar-refractivity contribution in [2.24, 2.45) is 62.1 Å². The Balaban J connectivity index is 1.04. The van der Waals surface area contributed by atoms with Crippen LogP contribution in [0.5, 0.6) is 0 Å². The second-order valence-corrected chi connectivity index (χ2v) is 20.5. The number of carbonyl (C=O) groups is 2. The number of hydrogen-bond donors (Lipinski definition) is 3. The number of fused-ring (bicyclic) bond motifs is 7. The van der Waals surface area contributed by atoms with Crippen LogP contribution in [0.15, 0.2) is 35.5 Å². The highest BCUT2D eigenvalue weighted by atomic mass is 16.5. The van der Waals surface area contributed by atoms with Gasteiger partial charge in [0.2, 0.25) is 0 Å². The van der Waals surface area contributed by atoms with Gasteiger partial charge < -0.3 is 20.3 Å². The van der Waals surface area contributed by atoms with Gasteiger partial charge in [0.15, 0.2) is 5.41 Å². The molecular weight excluding hydrogens is 636 g/mol. The summed E-state index contributed by atoms with van der Waals surface area (Å²) >= 11 is 0. The zero-order valence-corrected chi connectivity index (χ0v) is 32.5. The molecule has 8 aliphatic rings. The number of carboxylic acid groups (broad SMARTS) is 2. The highest BCUT2D eigenvalue weighted by Gasteiger charge is 2.71. The molecule has 7 aliphatic carbocycles. The average Bonchev–Trinajstić information content (AvgIpc) is 3.41. The minimum absolute atomic E-state index is 0.0303. The van der Waals surface area contributed by atoms with Gasteiger partial charge in [-0.2, -0.15) is 0 Å². The Hall–Kier alpha value is -1.96. The molecule has 1 heterocycles. The van der Waals surface area contributed by atoms with Crippen LogP contribution in [0, 0.1) is 62.1 Å². The highest BCUT2D eigenvalue weighted by Crippen LogP contribution is 2.77. The molecule has 5 saturated carbocycles. The number of nitrogens with zero attached hydrogens (tertiary/aromatic N) is 1. The topological polar surface area (TPSA) is 99.1 Å². The molecule has 3 N–H and O–H groups in total. The van der Waals surface area contributed by atoms with E-state index in [2.05, 4.69) is 70.5 Å². The Morgan fingerprint density at radius 2 is 1.61 bits per heavy atom. The fourth-order valence-electron chi connectivity index (χ4n) is 15.6.